The van der Waals surface area contributed by atoms with E-state index in [0.717, 1.165) is 25.1 Å². The van der Waals surface area contributed by atoms with Crippen LogP contribution >= 0.6 is 11.3 Å². The fraction of sp³-hybridized carbons (Fsp3) is 0.583. The number of hydrogen-bond donors (Lipinski definition) is 1. The molecule has 1 aromatic heterocycles. The summed E-state index contributed by atoms with van der Waals surface area (Å²) in [6.07, 6.45) is 2.05. The molecule has 2 nitrogen and oxygen atoms in total. The second kappa shape index (κ2) is 6.03. The number of aryl methyl sites for hydroxylation is 1. The molecule has 15 heavy (non-hydrogen) atoms. The molecule has 1 unspecified atom stereocenters. The third-order valence-electron chi connectivity index (χ3n) is 2.18. The zero-order valence-electron chi connectivity index (χ0n) is 9.84. The maximum Gasteiger partial charge on any atom is 0.0943 e. The normalized spacial score (nSPS) is 12.7. The van der Waals surface area contributed by atoms with Crippen LogP contribution in [0.3, 0.4) is 0 Å². The van der Waals surface area contributed by atoms with Gasteiger partial charge in [0.15, 0.2) is 0 Å². The number of rotatable bonds is 6. The Kier molecular flexibility index (Phi) is 4.99. The molecule has 0 aliphatic carbocycles. The van der Waals surface area contributed by atoms with Crippen LogP contribution in [0.4, 0.5) is 0 Å². The molecule has 0 bridgehead atoms. The molecule has 0 saturated carbocycles. The average Bonchev–Trinajstić information content (AvgIpc) is 2.50. The summed E-state index contributed by atoms with van der Waals surface area (Å²) in [6, 6.07) is 0.484. The Labute approximate surface area is 96.4 Å². The standard InChI is InChI=1S/C12H20N2S/c1-5-13-11(6-9(2)3)7-12-14-10(4)8-15-12/h8,11,13H,2,5-7H2,1,3-4H3. The van der Waals surface area contributed by atoms with Crippen LogP contribution in [0.25, 0.3) is 0 Å². The lowest BCUT2D eigenvalue weighted by Gasteiger charge is -2.16. The molecule has 0 aliphatic heterocycles. The fourth-order valence-corrected chi connectivity index (χ4v) is 2.49. The van der Waals surface area contributed by atoms with Crippen LogP contribution in [0, 0.1) is 6.92 Å². The predicted molar refractivity (Wildman–Crippen MR) is 67.5 cm³/mol. The monoisotopic (exact) mass is 224 g/mol. The first kappa shape index (κ1) is 12.4. The van der Waals surface area contributed by atoms with Crippen LogP contribution in [-0.4, -0.2) is 17.6 Å². The summed E-state index contributed by atoms with van der Waals surface area (Å²) in [7, 11) is 0. The molecule has 1 rings (SSSR count). The number of nitrogens with one attached hydrogen (secondary N) is 1. The third kappa shape index (κ3) is 4.58. The molecule has 1 heterocycles. The van der Waals surface area contributed by atoms with Gasteiger partial charge >= 0.3 is 0 Å². The molecular weight excluding hydrogens is 204 g/mol. The number of nitrogens with zero attached hydrogens (tertiary/aromatic N) is 1. The van der Waals surface area contributed by atoms with Crippen molar-refractivity contribution in [2.45, 2.75) is 39.7 Å². The summed E-state index contributed by atoms with van der Waals surface area (Å²) < 4.78 is 0. The van der Waals surface area contributed by atoms with Crippen LogP contribution in [-0.2, 0) is 6.42 Å². The van der Waals surface area contributed by atoms with Gasteiger partial charge in [-0.25, -0.2) is 4.98 Å². The van der Waals surface area contributed by atoms with E-state index >= 15 is 0 Å². The Bertz CT molecular complexity index is 317. The number of likely N-dealkylation sites (N-methyl/N-ethyl adjacent to an activating group) is 1. The van der Waals surface area contributed by atoms with Gasteiger partial charge in [-0.1, -0.05) is 12.5 Å². The average molecular weight is 224 g/mol. The van der Waals surface area contributed by atoms with Gasteiger partial charge in [0.05, 0.1) is 5.01 Å². The maximum atomic E-state index is 4.49. The summed E-state index contributed by atoms with van der Waals surface area (Å²) >= 11 is 1.75. The molecular formula is C12H20N2S. The zero-order chi connectivity index (χ0) is 11.3. The molecule has 1 N–H and O–H groups in total. The van der Waals surface area contributed by atoms with E-state index in [2.05, 4.69) is 36.1 Å². The minimum atomic E-state index is 0.484. The Morgan fingerprint density at radius 2 is 2.40 bits per heavy atom. The second-order valence-corrected chi connectivity index (χ2v) is 4.95. The summed E-state index contributed by atoms with van der Waals surface area (Å²) in [6.45, 7) is 11.2. The minimum absolute atomic E-state index is 0.484. The molecule has 0 radical (unpaired) electrons. The summed E-state index contributed by atoms with van der Waals surface area (Å²) in [5.41, 5.74) is 2.36. The quantitative estimate of drug-likeness (QED) is 0.752. The van der Waals surface area contributed by atoms with Crippen molar-refractivity contribution >= 4 is 11.3 Å². The molecule has 1 aromatic rings. The minimum Gasteiger partial charge on any atom is -0.314 e. The molecule has 0 aliphatic rings. The molecule has 1 atom stereocenters. The SMILES string of the molecule is C=C(C)CC(Cc1nc(C)cs1)NCC. The van der Waals surface area contributed by atoms with Crippen molar-refractivity contribution in [2.75, 3.05) is 6.54 Å². The van der Waals surface area contributed by atoms with E-state index in [9.17, 15) is 0 Å². The van der Waals surface area contributed by atoms with Gasteiger partial charge in [-0.15, -0.1) is 17.9 Å². The number of thiazole rings is 1. The van der Waals surface area contributed by atoms with Crippen LogP contribution in [0.2, 0.25) is 0 Å². The zero-order valence-corrected chi connectivity index (χ0v) is 10.7. The summed E-state index contributed by atoms with van der Waals surface area (Å²) in [5, 5.41) is 6.81. The van der Waals surface area contributed by atoms with Gasteiger partial charge in [-0.2, -0.15) is 0 Å². The molecule has 3 heteroatoms. The van der Waals surface area contributed by atoms with E-state index in [1.54, 1.807) is 11.3 Å². The summed E-state index contributed by atoms with van der Waals surface area (Å²) in [5.74, 6) is 0. The highest BCUT2D eigenvalue weighted by atomic mass is 32.1. The van der Waals surface area contributed by atoms with Gasteiger partial charge in [0, 0.05) is 23.5 Å². The largest absolute Gasteiger partial charge is 0.314 e. The van der Waals surface area contributed by atoms with E-state index in [1.807, 2.05) is 6.92 Å². The first-order valence-electron chi connectivity index (χ1n) is 5.40. The van der Waals surface area contributed by atoms with Crippen molar-refractivity contribution in [3.8, 4) is 0 Å². The van der Waals surface area contributed by atoms with E-state index < -0.39 is 0 Å². The fourth-order valence-electron chi connectivity index (χ4n) is 1.63. The first-order chi connectivity index (χ1) is 7.11. The molecule has 0 saturated heterocycles. The third-order valence-corrected chi connectivity index (χ3v) is 3.16. The Balaban J connectivity index is 2.53. The van der Waals surface area contributed by atoms with Gasteiger partial charge in [0.1, 0.15) is 0 Å². The Hall–Kier alpha value is -0.670. The van der Waals surface area contributed by atoms with Crippen molar-refractivity contribution in [3.63, 3.8) is 0 Å². The van der Waals surface area contributed by atoms with Crippen LogP contribution in [0.1, 0.15) is 31.0 Å². The second-order valence-electron chi connectivity index (χ2n) is 4.00. The Morgan fingerprint density at radius 3 is 2.87 bits per heavy atom. The topological polar surface area (TPSA) is 24.9 Å². The maximum absolute atomic E-state index is 4.49. The molecule has 0 fully saturated rings. The summed E-state index contributed by atoms with van der Waals surface area (Å²) in [4.78, 5) is 4.49. The van der Waals surface area contributed by atoms with Crippen LogP contribution in [0.15, 0.2) is 17.5 Å². The lowest BCUT2D eigenvalue weighted by Crippen LogP contribution is -2.31. The lowest BCUT2D eigenvalue weighted by molar-refractivity contribution is 0.519. The molecule has 0 spiro atoms. The number of hydrogen-bond acceptors (Lipinski definition) is 3. The molecule has 84 valence electrons. The van der Waals surface area contributed by atoms with E-state index in [4.69, 9.17) is 0 Å². The molecule has 0 amide bonds. The van der Waals surface area contributed by atoms with Crippen molar-refractivity contribution in [1.82, 2.24) is 10.3 Å². The first-order valence-corrected chi connectivity index (χ1v) is 6.28. The van der Waals surface area contributed by atoms with Crippen molar-refractivity contribution in [2.24, 2.45) is 0 Å². The highest BCUT2D eigenvalue weighted by molar-refractivity contribution is 7.09. The van der Waals surface area contributed by atoms with E-state index in [0.29, 0.717) is 6.04 Å². The van der Waals surface area contributed by atoms with Gasteiger partial charge in [0.25, 0.3) is 0 Å². The van der Waals surface area contributed by atoms with Crippen LogP contribution in [0.5, 0.6) is 0 Å². The van der Waals surface area contributed by atoms with Gasteiger partial charge in [-0.3, -0.25) is 0 Å². The van der Waals surface area contributed by atoms with Gasteiger partial charge in [0.2, 0.25) is 0 Å². The Morgan fingerprint density at radius 1 is 1.67 bits per heavy atom. The number of aromatic nitrogens is 1. The van der Waals surface area contributed by atoms with Crippen molar-refractivity contribution < 1.29 is 0 Å². The van der Waals surface area contributed by atoms with Crippen molar-refractivity contribution in [1.29, 1.82) is 0 Å². The highest BCUT2D eigenvalue weighted by Gasteiger charge is 2.10. The van der Waals surface area contributed by atoms with E-state index in [1.165, 1.54) is 10.6 Å². The van der Waals surface area contributed by atoms with Gasteiger partial charge in [-0.05, 0) is 26.8 Å². The highest BCUT2D eigenvalue weighted by Crippen LogP contribution is 2.14. The van der Waals surface area contributed by atoms with E-state index in [-0.39, 0.29) is 0 Å². The van der Waals surface area contributed by atoms with Gasteiger partial charge < -0.3 is 5.32 Å². The van der Waals surface area contributed by atoms with Crippen LogP contribution < -0.4 is 5.32 Å². The van der Waals surface area contributed by atoms with Crippen molar-refractivity contribution in [3.05, 3.63) is 28.2 Å². The predicted octanol–water partition coefficient (Wildman–Crippen LogP) is 2.94. The molecule has 0 aromatic carbocycles. The lowest BCUT2D eigenvalue weighted by atomic mass is 10.1. The smallest absolute Gasteiger partial charge is 0.0943 e.